The van der Waals surface area contributed by atoms with Gasteiger partial charge in [-0.15, -0.1) is 11.3 Å². The van der Waals surface area contributed by atoms with Crippen LogP contribution in [0.3, 0.4) is 0 Å². The molecular formula is C11H15Br2NOS. The number of rotatable bonds is 5. The quantitative estimate of drug-likeness (QED) is 0.726. The number of carbonyl (C=O) groups excluding carboxylic acids is 1. The fourth-order valence-electron chi connectivity index (χ4n) is 1.31. The summed E-state index contributed by atoms with van der Waals surface area (Å²) in [6.45, 7) is 4.73. The summed E-state index contributed by atoms with van der Waals surface area (Å²) in [5.41, 5.74) is 0.770. The van der Waals surface area contributed by atoms with Crippen molar-refractivity contribution in [1.82, 2.24) is 4.90 Å². The lowest BCUT2D eigenvalue weighted by atomic mass is 10.2. The molecule has 1 unspecified atom stereocenters. The zero-order valence-corrected chi connectivity index (χ0v) is 13.6. The van der Waals surface area contributed by atoms with Crippen molar-refractivity contribution < 1.29 is 4.79 Å². The van der Waals surface area contributed by atoms with Crippen LogP contribution in [0.2, 0.25) is 0 Å². The van der Waals surface area contributed by atoms with Gasteiger partial charge in [0.15, 0.2) is 5.78 Å². The largest absolute Gasteiger partial charge is 0.296 e. The minimum absolute atomic E-state index is 0.164. The molecule has 1 aromatic heterocycles. The van der Waals surface area contributed by atoms with Crippen LogP contribution in [0.25, 0.3) is 0 Å². The van der Waals surface area contributed by atoms with Crippen LogP contribution in [0.5, 0.6) is 0 Å². The topological polar surface area (TPSA) is 20.3 Å². The number of hydrogen-bond acceptors (Lipinski definition) is 3. The fourth-order valence-corrected chi connectivity index (χ4v) is 4.17. The number of carbonyl (C=O) groups is 1. The maximum Gasteiger partial charge on any atom is 0.178 e. The molecule has 0 saturated heterocycles. The van der Waals surface area contributed by atoms with Gasteiger partial charge in [0.25, 0.3) is 0 Å². The van der Waals surface area contributed by atoms with Gasteiger partial charge in [0.2, 0.25) is 0 Å². The molecule has 1 heterocycles. The molecular weight excluding hydrogens is 354 g/mol. The average Bonchev–Trinajstić information content (AvgIpc) is 2.56. The minimum atomic E-state index is 0.164. The Morgan fingerprint density at radius 1 is 1.56 bits per heavy atom. The highest BCUT2D eigenvalue weighted by Gasteiger charge is 2.17. The number of halogens is 2. The Morgan fingerprint density at radius 3 is 2.62 bits per heavy atom. The molecule has 0 bridgehead atoms. The van der Waals surface area contributed by atoms with Crippen molar-refractivity contribution in [2.24, 2.45) is 0 Å². The molecule has 1 aromatic rings. The lowest BCUT2D eigenvalue weighted by Crippen LogP contribution is -2.33. The number of ketones is 1. The Hall–Kier alpha value is 0.290. The standard InChI is InChI=1S/C11H15Br2NOS/c1-4-7(2)14(3)6-9(15)8-5-10(12)16-11(8)13/h5,7H,4,6H2,1-3H3. The fraction of sp³-hybridized carbons (Fsp3) is 0.545. The van der Waals surface area contributed by atoms with Gasteiger partial charge in [-0.25, -0.2) is 0 Å². The average molecular weight is 369 g/mol. The predicted octanol–water partition coefficient (Wildman–Crippen LogP) is 4.19. The third-order valence-electron chi connectivity index (χ3n) is 2.69. The zero-order chi connectivity index (χ0) is 12.3. The lowest BCUT2D eigenvalue weighted by Gasteiger charge is -2.22. The molecule has 0 aromatic carbocycles. The van der Waals surface area contributed by atoms with Gasteiger partial charge in [0.05, 0.1) is 14.1 Å². The molecule has 0 radical (unpaired) electrons. The Balaban J connectivity index is 2.69. The van der Waals surface area contributed by atoms with Gasteiger partial charge < -0.3 is 0 Å². The van der Waals surface area contributed by atoms with Crippen LogP contribution >= 0.6 is 43.2 Å². The zero-order valence-electron chi connectivity index (χ0n) is 9.59. The third kappa shape index (κ3) is 3.65. The van der Waals surface area contributed by atoms with Crippen LogP contribution < -0.4 is 0 Å². The van der Waals surface area contributed by atoms with Crippen molar-refractivity contribution >= 4 is 49.0 Å². The Bertz CT molecular complexity index is 378. The van der Waals surface area contributed by atoms with Crippen molar-refractivity contribution in [3.63, 3.8) is 0 Å². The summed E-state index contributed by atoms with van der Waals surface area (Å²) in [6, 6.07) is 2.31. The summed E-state index contributed by atoms with van der Waals surface area (Å²) >= 11 is 8.33. The van der Waals surface area contributed by atoms with Crippen LogP contribution in [-0.4, -0.2) is 30.3 Å². The number of likely N-dealkylation sites (N-methyl/N-ethyl adjacent to an activating group) is 1. The minimum Gasteiger partial charge on any atom is -0.296 e. The van der Waals surface area contributed by atoms with Gasteiger partial charge in [-0.1, -0.05) is 6.92 Å². The first-order valence-corrected chi connectivity index (χ1v) is 7.54. The van der Waals surface area contributed by atoms with Crippen LogP contribution in [-0.2, 0) is 0 Å². The smallest absolute Gasteiger partial charge is 0.178 e. The van der Waals surface area contributed by atoms with Crippen LogP contribution in [0, 0.1) is 0 Å². The van der Waals surface area contributed by atoms with E-state index in [2.05, 4.69) is 50.6 Å². The van der Waals surface area contributed by atoms with Gasteiger partial charge in [0.1, 0.15) is 0 Å². The Morgan fingerprint density at radius 2 is 2.19 bits per heavy atom. The van der Waals surface area contributed by atoms with Gasteiger partial charge >= 0.3 is 0 Å². The van der Waals surface area contributed by atoms with E-state index in [4.69, 9.17) is 0 Å². The second kappa shape index (κ2) is 6.28. The second-order valence-corrected chi connectivity index (χ2v) is 7.58. The molecule has 2 nitrogen and oxygen atoms in total. The first kappa shape index (κ1) is 14.4. The molecule has 0 amide bonds. The summed E-state index contributed by atoms with van der Waals surface area (Å²) in [7, 11) is 1.99. The first-order chi connectivity index (χ1) is 7.45. The number of hydrogen-bond donors (Lipinski definition) is 0. The highest BCUT2D eigenvalue weighted by molar-refractivity contribution is 9.12. The van der Waals surface area contributed by atoms with E-state index >= 15 is 0 Å². The predicted molar refractivity (Wildman–Crippen MR) is 76.4 cm³/mol. The normalized spacial score (nSPS) is 13.1. The van der Waals surface area contributed by atoms with Gasteiger partial charge in [0, 0.05) is 11.6 Å². The van der Waals surface area contributed by atoms with E-state index in [1.165, 1.54) is 11.3 Å². The number of Topliss-reactive ketones (excluding diaryl/α,β-unsaturated/α-hetero) is 1. The molecule has 0 aliphatic rings. The second-order valence-electron chi connectivity index (χ2n) is 3.83. The van der Waals surface area contributed by atoms with Gasteiger partial charge in [-0.05, 0) is 58.3 Å². The maximum atomic E-state index is 12.0. The van der Waals surface area contributed by atoms with E-state index in [-0.39, 0.29) is 5.78 Å². The Labute approximate surface area is 117 Å². The monoisotopic (exact) mass is 367 g/mol. The molecule has 0 fully saturated rings. The molecule has 0 aliphatic heterocycles. The molecule has 1 rings (SSSR count). The Kier molecular flexibility index (Phi) is 5.64. The van der Waals surface area contributed by atoms with Gasteiger partial charge in [-0.2, -0.15) is 0 Å². The first-order valence-electron chi connectivity index (χ1n) is 5.14. The number of nitrogens with zero attached hydrogens (tertiary/aromatic N) is 1. The van der Waals surface area contributed by atoms with E-state index in [0.29, 0.717) is 12.6 Å². The third-order valence-corrected chi connectivity index (χ3v) is 5.03. The molecule has 0 aliphatic carbocycles. The molecule has 0 N–H and O–H groups in total. The molecule has 0 spiro atoms. The van der Waals surface area contributed by atoms with E-state index in [1.807, 2.05) is 13.1 Å². The number of thiophene rings is 1. The highest BCUT2D eigenvalue weighted by atomic mass is 79.9. The van der Waals surface area contributed by atoms with Crippen molar-refractivity contribution in [3.05, 3.63) is 19.2 Å². The summed E-state index contributed by atoms with van der Waals surface area (Å²) in [6.07, 6.45) is 1.05. The van der Waals surface area contributed by atoms with E-state index in [1.54, 1.807) is 0 Å². The van der Waals surface area contributed by atoms with Crippen LogP contribution in [0.15, 0.2) is 13.6 Å². The molecule has 1 atom stereocenters. The van der Waals surface area contributed by atoms with E-state index < -0.39 is 0 Å². The molecule has 0 saturated carbocycles. The van der Waals surface area contributed by atoms with Crippen LogP contribution in [0.1, 0.15) is 30.6 Å². The summed E-state index contributed by atoms with van der Waals surface area (Å²) in [5.74, 6) is 0.164. The summed E-state index contributed by atoms with van der Waals surface area (Å²) in [4.78, 5) is 14.1. The summed E-state index contributed by atoms with van der Waals surface area (Å²) in [5, 5.41) is 0. The highest BCUT2D eigenvalue weighted by Crippen LogP contribution is 2.32. The lowest BCUT2D eigenvalue weighted by molar-refractivity contribution is 0.0923. The van der Waals surface area contributed by atoms with Crippen molar-refractivity contribution in [2.75, 3.05) is 13.6 Å². The van der Waals surface area contributed by atoms with E-state index in [0.717, 1.165) is 19.6 Å². The van der Waals surface area contributed by atoms with Crippen LogP contribution in [0.4, 0.5) is 0 Å². The van der Waals surface area contributed by atoms with Crippen molar-refractivity contribution in [3.8, 4) is 0 Å². The molecule has 90 valence electrons. The molecule has 5 heteroatoms. The van der Waals surface area contributed by atoms with Gasteiger partial charge in [-0.3, -0.25) is 9.69 Å². The maximum absolute atomic E-state index is 12.0. The summed E-state index contributed by atoms with van der Waals surface area (Å²) < 4.78 is 1.89. The van der Waals surface area contributed by atoms with E-state index in [9.17, 15) is 4.79 Å². The molecule has 16 heavy (non-hydrogen) atoms. The SMILES string of the molecule is CCC(C)N(C)CC(=O)c1cc(Br)sc1Br. The van der Waals surface area contributed by atoms with Crippen molar-refractivity contribution in [2.45, 2.75) is 26.3 Å². The van der Waals surface area contributed by atoms with Crippen molar-refractivity contribution in [1.29, 1.82) is 0 Å².